The van der Waals surface area contributed by atoms with Crippen molar-refractivity contribution in [3.63, 3.8) is 0 Å². The Balaban J connectivity index is 1.68. The maximum Gasteiger partial charge on any atom is 0.238 e. The number of imide groups is 1. The molecule has 1 heterocycles. The van der Waals surface area contributed by atoms with Gasteiger partial charge in [-0.3, -0.25) is 14.4 Å². The summed E-state index contributed by atoms with van der Waals surface area (Å²) in [5.74, 6) is -0.391. The average Bonchev–Trinajstić information content (AvgIpc) is 3.12. The van der Waals surface area contributed by atoms with Crippen LogP contribution in [0.4, 0.5) is 11.4 Å². The molecular weight excluding hydrogens is 280 g/mol. The summed E-state index contributed by atoms with van der Waals surface area (Å²) in [5, 5.41) is 2.68. The zero-order chi connectivity index (χ0) is 15.4. The first-order valence-corrected chi connectivity index (χ1v) is 7.50. The van der Waals surface area contributed by atoms with Crippen molar-refractivity contribution in [1.29, 1.82) is 0 Å². The molecule has 0 unspecified atom stereocenters. The Morgan fingerprint density at radius 2 is 1.77 bits per heavy atom. The van der Waals surface area contributed by atoms with Gasteiger partial charge in [0.1, 0.15) is 0 Å². The first-order chi connectivity index (χ1) is 10.6. The van der Waals surface area contributed by atoms with Gasteiger partial charge in [-0.1, -0.05) is 18.2 Å². The standard InChI is InChI=1S/C17H16N2O3/c1-9(20)18-12-3-2-4-13(8-12)19-16(21)14-10-5-6-11(7-10)15(14)17(19)22/h2-6,8,10-11,14-15H,7H2,1H3,(H,18,20)/t10-,11-,14-,15+/m0/s1. The summed E-state index contributed by atoms with van der Waals surface area (Å²) < 4.78 is 0. The van der Waals surface area contributed by atoms with Crippen LogP contribution >= 0.6 is 0 Å². The monoisotopic (exact) mass is 296 g/mol. The largest absolute Gasteiger partial charge is 0.326 e. The molecule has 4 atom stereocenters. The molecule has 2 bridgehead atoms. The van der Waals surface area contributed by atoms with Gasteiger partial charge in [-0.15, -0.1) is 0 Å². The molecule has 1 aliphatic heterocycles. The molecule has 5 heteroatoms. The van der Waals surface area contributed by atoms with Crippen LogP contribution in [-0.4, -0.2) is 17.7 Å². The summed E-state index contributed by atoms with van der Waals surface area (Å²) in [6.07, 6.45) is 5.08. The molecule has 112 valence electrons. The third-order valence-electron chi connectivity index (χ3n) is 4.90. The number of allylic oxidation sites excluding steroid dienone is 2. The Hall–Kier alpha value is -2.43. The van der Waals surface area contributed by atoms with Crippen molar-refractivity contribution in [2.75, 3.05) is 10.2 Å². The minimum absolute atomic E-state index is 0.105. The van der Waals surface area contributed by atoms with Gasteiger partial charge >= 0.3 is 0 Å². The van der Waals surface area contributed by atoms with Gasteiger partial charge in [-0.2, -0.15) is 0 Å². The van der Waals surface area contributed by atoms with E-state index in [2.05, 4.69) is 17.5 Å². The van der Waals surface area contributed by atoms with Gasteiger partial charge in [0.2, 0.25) is 17.7 Å². The van der Waals surface area contributed by atoms with Crippen molar-refractivity contribution in [2.45, 2.75) is 13.3 Å². The van der Waals surface area contributed by atoms with E-state index >= 15 is 0 Å². The lowest BCUT2D eigenvalue weighted by Crippen LogP contribution is -2.32. The number of hydrogen-bond acceptors (Lipinski definition) is 3. The van der Waals surface area contributed by atoms with Gasteiger partial charge in [-0.05, 0) is 36.5 Å². The Morgan fingerprint density at radius 1 is 1.14 bits per heavy atom. The summed E-state index contributed by atoms with van der Waals surface area (Å²) in [4.78, 5) is 37.9. The predicted octanol–water partition coefficient (Wildman–Crippen LogP) is 1.96. The summed E-state index contributed by atoms with van der Waals surface area (Å²) in [6.45, 7) is 1.42. The quantitative estimate of drug-likeness (QED) is 0.670. The van der Waals surface area contributed by atoms with Gasteiger partial charge in [0, 0.05) is 12.6 Å². The second-order valence-electron chi connectivity index (χ2n) is 6.24. The summed E-state index contributed by atoms with van der Waals surface area (Å²) in [5.41, 5.74) is 1.12. The maximum absolute atomic E-state index is 12.7. The Kier molecular flexibility index (Phi) is 2.73. The number of carbonyl (C=O) groups is 3. The lowest BCUT2D eigenvalue weighted by Gasteiger charge is -2.18. The van der Waals surface area contributed by atoms with Crippen LogP contribution in [0.25, 0.3) is 0 Å². The van der Waals surface area contributed by atoms with Crippen LogP contribution in [0.2, 0.25) is 0 Å². The second kappa shape index (κ2) is 4.53. The highest BCUT2D eigenvalue weighted by molar-refractivity contribution is 6.23. The van der Waals surface area contributed by atoms with E-state index < -0.39 is 0 Å². The molecule has 1 aromatic carbocycles. The zero-order valence-electron chi connectivity index (χ0n) is 12.2. The fourth-order valence-corrected chi connectivity index (χ4v) is 4.08. The first-order valence-electron chi connectivity index (χ1n) is 7.50. The molecule has 3 amide bonds. The van der Waals surface area contributed by atoms with Crippen LogP contribution in [0.3, 0.4) is 0 Å². The molecule has 0 aromatic heterocycles. The van der Waals surface area contributed by atoms with Crippen molar-refractivity contribution >= 4 is 29.1 Å². The van der Waals surface area contributed by atoms with E-state index in [1.54, 1.807) is 24.3 Å². The van der Waals surface area contributed by atoms with Crippen molar-refractivity contribution in [2.24, 2.45) is 23.7 Å². The number of nitrogens with one attached hydrogen (secondary N) is 1. The second-order valence-corrected chi connectivity index (χ2v) is 6.24. The Bertz CT molecular complexity index is 694. The van der Waals surface area contributed by atoms with E-state index in [0.717, 1.165) is 6.42 Å². The van der Waals surface area contributed by atoms with Crippen molar-refractivity contribution in [3.05, 3.63) is 36.4 Å². The summed E-state index contributed by atoms with van der Waals surface area (Å²) in [6, 6.07) is 6.88. The molecule has 1 saturated carbocycles. The summed E-state index contributed by atoms with van der Waals surface area (Å²) >= 11 is 0. The SMILES string of the molecule is CC(=O)Nc1cccc(N2C(=O)[C@@H]3[C@H](C2=O)[C@H]2C=C[C@H]3C2)c1. The van der Waals surface area contributed by atoms with Gasteiger partial charge in [0.25, 0.3) is 0 Å². The van der Waals surface area contributed by atoms with E-state index in [1.807, 2.05) is 0 Å². The van der Waals surface area contributed by atoms with Crippen LogP contribution in [-0.2, 0) is 14.4 Å². The van der Waals surface area contributed by atoms with Gasteiger partial charge < -0.3 is 5.32 Å². The minimum Gasteiger partial charge on any atom is -0.326 e. The Morgan fingerprint density at radius 3 is 2.36 bits per heavy atom. The maximum atomic E-state index is 12.7. The number of carbonyl (C=O) groups excluding carboxylic acids is 3. The highest BCUT2D eigenvalue weighted by Crippen LogP contribution is 2.53. The minimum atomic E-state index is -0.202. The molecule has 2 aliphatic carbocycles. The highest BCUT2D eigenvalue weighted by Gasteiger charge is 2.59. The van der Waals surface area contributed by atoms with Crippen LogP contribution in [0.1, 0.15) is 13.3 Å². The molecule has 1 N–H and O–H groups in total. The van der Waals surface area contributed by atoms with Crippen LogP contribution < -0.4 is 10.2 Å². The van der Waals surface area contributed by atoms with E-state index in [1.165, 1.54) is 11.8 Å². The van der Waals surface area contributed by atoms with Gasteiger partial charge in [-0.25, -0.2) is 4.90 Å². The highest BCUT2D eigenvalue weighted by atomic mass is 16.2. The topological polar surface area (TPSA) is 66.5 Å². The lowest BCUT2D eigenvalue weighted by molar-refractivity contribution is -0.123. The first kappa shape index (κ1) is 13.2. The normalized spacial score (nSPS) is 31.8. The molecule has 1 aromatic rings. The molecule has 4 rings (SSSR count). The third-order valence-corrected chi connectivity index (χ3v) is 4.90. The van der Waals surface area contributed by atoms with Gasteiger partial charge in [0.05, 0.1) is 17.5 Å². The van der Waals surface area contributed by atoms with E-state index in [0.29, 0.717) is 11.4 Å². The van der Waals surface area contributed by atoms with Gasteiger partial charge in [0.15, 0.2) is 0 Å². The molecule has 0 radical (unpaired) electrons. The number of nitrogens with zero attached hydrogens (tertiary/aromatic N) is 1. The molecule has 1 saturated heterocycles. The number of rotatable bonds is 2. The van der Waals surface area contributed by atoms with E-state index in [-0.39, 0.29) is 41.4 Å². The molecule has 2 fully saturated rings. The smallest absolute Gasteiger partial charge is 0.238 e. The van der Waals surface area contributed by atoms with Crippen molar-refractivity contribution in [1.82, 2.24) is 0 Å². The molecular formula is C17H16N2O3. The van der Waals surface area contributed by atoms with Crippen LogP contribution in [0, 0.1) is 23.7 Å². The molecule has 5 nitrogen and oxygen atoms in total. The van der Waals surface area contributed by atoms with Crippen molar-refractivity contribution < 1.29 is 14.4 Å². The molecule has 22 heavy (non-hydrogen) atoms. The molecule has 3 aliphatic rings. The lowest BCUT2D eigenvalue weighted by atomic mass is 9.85. The average molecular weight is 296 g/mol. The molecule has 0 spiro atoms. The van der Waals surface area contributed by atoms with Crippen LogP contribution in [0.15, 0.2) is 36.4 Å². The predicted molar refractivity (Wildman–Crippen MR) is 81.0 cm³/mol. The third kappa shape index (κ3) is 1.75. The number of hydrogen-bond donors (Lipinski definition) is 1. The fraction of sp³-hybridized carbons (Fsp3) is 0.353. The van der Waals surface area contributed by atoms with E-state index in [4.69, 9.17) is 0 Å². The number of amides is 3. The summed E-state index contributed by atoms with van der Waals surface area (Å²) in [7, 11) is 0. The number of anilines is 2. The fourth-order valence-electron chi connectivity index (χ4n) is 4.08. The van der Waals surface area contributed by atoms with Crippen LogP contribution in [0.5, 0.6) is 0 Å². The number of benzene rings is 1. The van der Waals surface area contributed by atoms with Crippen molar-refractivity contribution in [3.8, 4) is 0 Å². The zero-order valence-corrected chi connectivity index (χ0v) is 12.2. The number of fused-ring (bicyclic) bond motifs is 5. The Labute approximate surface area is 128 Å². The van der Waals surface area contributed by atoms with E-state index in [9.17, 15) is 14.4 Å².